The summed E-state index contributed by atoms with van der Waals surface area (Å²) in [6, 6.07) is 4.74. The molecule has 0 saturated heterocycles. The fourth-order valence-corrected chi connectivity index (χ4v) is 2.91. The summed E-state index contributed by atoms with van der Waals surface area (Å²) in [7, 11) is -3.43. The van der Waals surface area contributed by atoms with Crippen LogP contribution in [0.15, 0.2) is 29.2 Å². The van der Waals surface area contributed by atoms with Gasteiger partial charge in [-0.25, -0.2) is 12.8 Å². The van der Waals surface area contributed by atoms with E-state index in [1.807, 2.05) is 0 Å². The number of halogens is 1. The predicted molar refractivity (Wildman–Crippen MR) is 56.7 cm³/mol. The minimum absolute atomic E-state index is 0.0995. The van der Waals surface area contributed by atoms with Gasteiger partial charge in [-0.15, -0.1) is 0 Å². The van der Waals surface area contributed by atoms with Crippen molar-refractivity contribution in [2.45, 2.75) is 24.3 Å². The van der Waals surface area contributed by atoms with E-state index in [-0.39, 0.29) is 10.6 Å². The molecule has 5 heteroatoms. The van der Waals surface area contributed by atoms with Crippen LogP contribution in [0, 0.1) is 5.82 Å². The van der Waals surface area contributed by atoms with Crippen LogP contribution in [-0.4, -0.2) is 19.7 Å². The molecule has 84 valence electrons. The van der Waals surface area contributed by atoms with Crippen molar-refractivity contribution in [1.29, 1.82) is 0 Å². The molecule has 2 N–H and O–H groups in total. The van der Waals surface area contributed by atoms with Crippen LogP contribution < -0.4 is 5.73 Å². The molecular weight excluding hydrogens is 217 g/mol. The van der Waals surface area contributed by atoms with E-state index in [2.05, 4.69) is 0 Å². The fourth-order valence-electron chi connectivity index (χ4n) is 1.22. The highest BCUT2D eigenvalue weighted by Gasteiger charge is 2.23. The molecule has 0 heterocycles. The van der Waals surface area contributed by atoms with E-state index in [9.17, 15) is 12.8 Å². The second-order valence-electron chi connectivity index (χ2n) is 4.20. The van der Waals surface area contributed by atoms with E-state index < -0.39 is 21.2 Å². The van der Waals surface area contributed by atoms with Crippen LogP contribution in [0.2, 0.25) is 0 Å². The van der Waals surface area contributed by atoms with Gasteiger partial charge in [-0.2, -0.15) is 0 Å². The molecule has 0 unspecified atom stereocenters. The van der Waals surface area contributed by atoms with Crippen molar-refractivity contribution < 1.29 is 12.8 Å². The first kappa shape index (κ1) is 12.1. The Hall–Kier alpha value is -0.940. The van der Waals surface area contributed by atoms with Gasteiger partial charge in [-0.3, -0.25) is 0 Å². The Morgan fingerprint density at radius 3 is 2.13 bits per heavy atom. The quantitative estimate of drug-likeness (QED) is 0.798. The Labute approximate surface area is 89.0 Å². The van der Waals surface area contributed by atoms with Crippen molar-refractivity contribution in [3.8, 4) is 0 Å². The first-order valence-electron chi connectivity index (χ1n) is 4.48. The fraction of sp³-hybridized carbons (Fsp3) is 0.400. The number of hydrogen-bond acceptors (Lipinski definition) is 3. The molecule has 0 bridgehead atoms. The largest absolute Gasteiger partial charge is 0.325 e. The van der Waals surface area contributed by atoms with Gasteiger partial charge in [-0.1, -0.05) is 0 Å². The van der Waals surface area contributed by atoms with Crippen LogP contribution in [0.25, 0.3) is 0 Å². The second kappa shape index (κ2) is 3.90. The van der Waals surface area contributed by atoms with Crippen LogP contribution in [0.3, 0.4) is 0 Å². The summed E-state index contributed by atoms with van der Waals surface area (Å²) in [6.07, 6.45) is 0. The molecule has 0 aromatic heterocycles. The Kier molecular flexibility index (Phi) is 3.16. The number of nitrogens with two attached hydrogens (primary N) is 1. The highest BCUT2D eigenvalue weighted by atomic mass is 32.2. The summed E-state index contributed by atoms with van der Waals surface area (Å²) in [4.78, 5) is 0.0995. The van der Waals surface area contributed by atoms with E-state index in [0.29, 0.717) is 0 Å². The molecule has 1 rings (SSSR count). The maximum Gasteiger partial charge on any atom is 0.180 e. The molecule has 1 aromatic carbocycles. The highest BCUT2D eigenvalue weighted by molar-refractivity contribution is 7.91. The molecule has 1 aromatic rings. The maximum absolute atomic E-state index is 12.6. The van der Waals surface area contributed by atoms with Crippen LogP contribution in [0.4, 0.5) is 4.39 Å². The van der Waals surface area contributed by atoms with Crippen molar-refractivity contribution in [3.05, 3.63) is 30.1 Å². The monoisotopic (exact) mass is 231 g/mol. The van der Waals surface area contributed by atoms with Crippen LogP contribution >= 0.6 is 0 Å². The minimum atomic E-state index is -3.43. The SMILES string of the molecule is CC(C)(N)CS(=O)(=O)c1ccc(F)cc1. The van der Waals surface area contributed by atoms with E-state index in [0.717, 1.165) is 12.1 Å². The Bertz CT molecular complexity index is 431. The smallest absolute Gasteiger partial charge is 0.180 e. The Morgan fingerprint density at radius 1 is 1.27 bits per heavy atom. The zero-order valence-corrected chi connectivity index (χ0v) is 9.51. The summed E-state index contributed by atoms with van der Waals surface area (Å²) in [6.45, 7) is 3.27. The standard InChI is InChI=1S/C10H14FNO2S/c1-10(2,12)7-15(13,14)9-5-3-8(11)4-6-9/h3-6H,7,12H2,1-2H3. The number of hydrogen-bond donors (Lipinski definition) is 1. The number of benzene rings is 1. The Balaban J connectivity index is 3.02. The average Bonchev–Trinajstić information content (AvgIpc) is 2.00. The molecule has 0 spiro atoms. The summed E-state index contributed by atoms with van der Waals surface area (Å²) in [5.74, 6) is -0.619. The van der Waals surface area contributed by atoms with Crippen molar-refractivity contribution in [1.82, 2.24) is 0 Å². The molecule has 15 heavy (non-hydrogen) atoms. The van der Waals surface area contributed by atoms with E-state index >= 15 is 0 Å². The molecule has 0 saturated carbocycles. The van der Waals surface area contributed by atoms with Crippen molar-refractivity contribution in [2.24, 2.45) is 5.73 Å². The lowest BCUT2D eigenvalue weighted by Gasteiger charge is -2.18. The molecular formula is C10H14FNO2S. The lowest BCUT2D eigenvalue weighted by molar-refractivity contribution is 0.544. The zero-order chi connectivity index (χ0) is 11.7. The molecule has 0 amide bonds. The van der Waals surface area contributed by atoms with Crippen LogP contribution in [0.5, 0.6) is 0 Å². The van der Waals surface area contributed by atoms with Crippen LogP contribution in [-0.2, 0) is 9.84 Å². The maximum atomic E-state index is 12.6. The molecule has 0 aliphatic carbocycles. The molecule has 3 nitrogen and oxygen atoms in total. The van der Waals surface area contributed by atoms with E-state index in [4.69, 9.17) is 5.73 Å². The van der Waals surface area contributed by atoms with Crippen LogP contribution in [0.1, 0.15) is 13.8 Å². The summed E-state index contributed by atoms with van der Waals surface area (Å²) in [5.41, 5.74) is 4.84. The summed E-state index contributed by atoms with van der Waals surface area (Å²) >= 11 is 0. The lowest BCUT2D eigenvalue weighted by Crippen LogP contribution is -2.39. The zero-order valence-electron chi connectivity index (χ0n) is 8.70. The van der Waals surface area contributed by atoms with Gasteiger partial charge in [0.25, 0.3) is 0 Å². The first-order valence-corrected chi connectivity index (χ1v) is 6.13. The molecule has 0 fully saturated rings. The third-order valence-electron chi connectivity index (χ3n) is 1.73. The normalized spacial score (nSPS) is 12.8. The van der Waals surface area contributed by atoms with Gasteiger partial charge in [-0.05, 0) is 38.1 Å². The van der Waals surface area contributed by atoms with Crippen molar-refractivity contribution >= 4 is 9.84 Å². The van der Waals surface area contributed by atoms with Gasteiger partial charge in [0.2, 0.25) is 0 Å². The first-order chi connectivity index (χ1) is 6.71. The molecule has 0 atom stereocenters. The minimum Gasteiger partial charge on any atom is -0.325 e. The topological polar surface area (TPSA) is 60.2 Å². The van der Waals surface area contributed by atoms with Gasteiger partial charge in [0.1, 0.15) is 5.82 Å². The third-order valence-corrected chi connectivity index (χ3v) is 3.85. The average molecular weight is 231 g/mol. The predicted octanol–water partition coefficient (Wildman–Crippen LogP) is 1.34. The third kappa shape index (κ3) is 3.60. The molecule has 0 aliphatic heterocycles. The van der Waals surface area contributed by atoms with Gasteiger partial charge in [0.05, 0.1) is 10.6 Å². The van der Waals surface area contributed by atoms with Crippen molar-refractivity contribution in [2.75, 3.05) is 5.75 Å². The van der Waals surface area contributed by atoms with Gasteiger partial charge < -0.3 is 5.73 Å². The number of sulfone groups is 1. The van der Waals surface area contributed by atoms with Gasteiger partial charge in [0.15, 0.2) is 9.84 Å². The molecule has 0 aliphatic rings. The van der Waals surface area contributed by atoms with Gasteiger partial charge in [0, 0.05) is 5.54 Å². The van der Waals surface area contributed by atoms with Gasteiger partial charge >= 0.3 is 0 Å². The summed E-state index contributed by atoms with van der Waals surface area (Å²) in [5, 5.41) is 0. The van der Waals surface area contributed by atoms with E-state index in [1.165, 1.54) is 12.1 Å². The molecule has 0 radical (unpaired) electrons. The summed E-state index contributed by atoms with van der Waals surface area (Å²) < 4.78 is 36.1. The van der Waals surface area contributed by atoms with Crippen molar-refractivity contribution in [3.63, 3.8) is 0 Å². The van der Waals surface area contributed by atoms with E-state index in [1.54, 1.807) is 13.8 Å². The number of rotatable bonds is 3. The highest BCUT2D eigenvalue weighted by Crippen LogP contribution is 2.15. The lowest BCUT2D eigenvalue weighted by atomic mass is 10.1. The second-order valence-corrected chi connectivity index (χ2v) is 6.19. The Morgan fingerprint density at radius 2 is 1.73 bits per heavy atom.